The summed E-state index contributed by atoms with van der Waals surface area (Å²) in [6.45, 7) is 6.37. The first-order valence-electron chi connectivity index (χ1n) is 6.75. The van der Waals surface area contributed by atoms with E-state index in [4.69, 9.17) is 0 Å². The number of nitrogens with zero attached hydrogens (tertiary/aromatic N) is 1. The van der Waals surface area contributed by atoms with Crippen molar-refractivity contribution in [2.24, 2.45) is 0 Å². The highest BCUT2D eigenvalue weighted by Crippen LogP contribution is 2.20. The fraction of sp³-hybridized carbons (Fsp3) is 0.353. The van der Waals surface area contributed by atoms with E-state index in [2.05, 4.69) is 43.1 Å². The lowest BCUT2D eigenvalue weighted by atomic mass is 9.99. The Morgan fingerprint density at radius 2 is 1.79 bits per heavy atom. The molecule has 0 aliphatic heterocycles. The Kier molecular flexibility index (Phi) is 4.33. The Morgan fingerprint density at radius 1 is 1.11 bits per heavy atom. The summed E-state index contributed by atoms with van der Waals surface area (Å²) in [7, 11) is 0. The average molecular weight is 255 g/mol. The van der Waals surface area contributed by atoms with Crippen molar-refractivity contribution in [2.75, 3.05) is 0 Å². The van der Waals surface area contributed by atoms with Crippen LogP contribution in [0.2, 0.25) is 0 Å². The maximum absolute atomic E-state index is 10.2. The van der Waals surface area contributed by atoms with Crippen LogP contribution >= 0.6 is 0 Å². The number of rotatable bonds is 4. The van der Waals surface area contributed by atoms with Gasteiger partial charge in [0, 0.05) is 12.6 Å². The van der Waals surface area contributed by atoms with Gasteiger partial charge in [0.15, 0.2) is 0 Å². The highest BCUT2D eigenvalue weighted by Gasteiger charge is 2.10. The molecule has 1 aromatic carbocycles. The fourth-order valence-corrected chi connectivity index (χ4v) is 2.11. The van der Waals surface area contributed by atoms with Crippen molar-refractivity contribution in [2.45, 2.75) is 39.2 Å². The molecule has 2 aromatic rings. The smallest absolute Gasteiger partial charge is 0.1000 e. The molecule has 0 saturated heterocycles. The van der Waals surface area contributed by atoms with Crippen LogP contribution in [-0.2, 0) is 6.42 Å². The molecule has 0 spiro atoms. The lowest BCUT2D eigenvalue weighted by Crippen LogP contribution is -2.04. The lowest BCUT2D eigenvalue weighted by Gasteiger charge is -2.12. The largest absolute Gasteiger partial charge is 0.386 e. The van der Waals surface area contributed by atoms with Gasteiger partial charge < -0.3 is 5.11 Å². The molecule has 0 fully saturated rings. The second-order valence-electron chi connectivity index (χ2n) is 5.37. The van der Waals surface area contributed by atoms with Crippen LogP contribution in [0, 0.1) is 6.92 Å². The van der Waals surface area contributed by atoms with Gasteiger partial charge in [-0.3, -0.25) is 4.98 Å². The van der Waals surface area contributed by atoms with E-state index >= 15 is 0 Å². The standard InChI is InChI=1S/C17H21NO/c1-12(2)15-6-4-14(5-7-15)11-17(19)16-10-13(3)8-9-18-16/h4-10,12,17,19H,11H2,1-3H3. The summed E-state index contributed by atoms with van der Waals surface area (Å²) >= 11 is 0. The SMILES string of the molecule is Cc1ccnc(C(O)Cc2ccc(C(C)C)cc2)c1. The molecule has 0 radical (unpaired) electrons. The summed E-state index contributed by atoms with van der Waals surface area (Å²) < 4.78 is 0. The molecule has 2 rings (SSSR count). The van der Waals surface area contributed by atoms with Crippen LogP contribution in [0.15, 0.2) is 42.6 Å². The molecule has 0 amide bonds. The van der Waals surface area contributed by atoms with E-state index in [1.165, 1.54) is 5.56 Å². The van der Waals surface area contributed by atoms with E-state index in [0.29, 0.717) is 12.3 Å². The van der Waals surface area contributed by atoms with E-state index < -0.39 is 6.10 Å². The van der Waals surface area contributed by atoms with Crippen LogP contribution in [0.1, 0.15) is 48.3 Å². The first-order chi connectivity index (χ1) is 9.06. The molecule has 1 unspecified atom stereocenters. The van der Waals surface area contributed by atoms with Crippen LogP contribution in [-0.4, -0.2) is 10.1 Å². The maximum atomic E-state index is 10.2. The number of hydrogen-bond acceptors (Lipinski definition) is 2. The Hall–Kier alpha value is -1.67. The molecule has 100 valence electrons. The van der Waals surface area contributed by atoms with Crippen molar-refractivity contribution in [3.8, 4) is 0 Å². The molecule has 0 saturated carbocycles. The molecule has 1 atom stereocenters. The molecule has 0 aliphatic rings. The lowest BCUT2D eigenvalue weighted by molar-refractivity contribution is 0.173. The van der Waals surface area contributed by atoms with Crippen molar-refractivity contribution in [3.05, 3.63) is 65.0 Å². The predicted octanol–water partition coefficient (Wildman–Crippen LogP) is 3.79. The van der Waals surface area contributed by atoms with Gasteiger partial charge in [0.2, 0.25) is 0 Å². The number of aliphatic hydroxyl groups excluding tert-OH is 1. The van der Waals surface area contributed by atoms with Gasteiger partial charge in [-0.15, -0.1) is 0 Å². The van der Waals surface area contributed by atoms with Gasteiger partial charge in [-0.1, -0.05) is 38.1 Å². The highest BCUT2D eigenvalue weighted by atomic mass is 16.3. The molecule has 19 heavy (non-hydrogen) atoms. The quantitative estimate of drug-likeness (QED) is 0.901. The fourth-order valence-electron chi connectivity index (χ4n) is 2.11. The third kappa shape index (κ3) is 3.65. The number of hydrogen-bond donors (Lipinski definition) is 1. The van der Waals surface area contributed by atoms with Crippen LogP contribution in [0.4, 0.5) is 0 Å². The van der Waals surface area contributed by atoms with Gasteiger partial charge in [-0.25, -0.2) is 0 Å². The predicted molar refractivity (Wildman–Crippen MR) is 78.2 cm³/mol. The number of aliphatic hydroxyl groups is 1. The Bertz CT molecular complexity index is 531. The second-order valence-corrected chi connectivity index (χ2v) is 5.37. The number of aromatic nitrogens is 1. The van der Waals surface area contributed by atoms with Gasteiger partial charge in [0.25, 0.3) is 0 Å². The Labute approximate surface area is 115 Å². The Balaban J connectivity index is 2.08. The van der Waals surface area contributed by atoms with Gasteiger partial charge in [-0.05, 0) is 41.7 Å². The summed E-state index contributed by atoms with van der Waals surface area (Å²) in [5.41, 5.74) is 4.33. The summed E-state index contributed by atoms with van der Waals surface area (Å²) in [6.07, 6.45) is 1.81. The van der Waals surface area contributed by atoms with E-state index in [0.717, 1.165) is 16.8 Å². The monoisotopic (exact) mass is 255 g/mol. The third-order valence-corrected chi connectivity index (χ3v) is 3.35. The average Bonchev–Trinajstić information content (AvgIpc) is 2.39. The van der Waals surface area contributed by atoms with Crippen LogP contribution in [0.3, 0.4) is 0 Å². The van der Waals surface area contributed by atoms with E-state index in [-0.39, 0.29) is 0 Å². The van der Waals surface area contributed by atoms with E-state index in [1.807, 2.05) is 19.1 Å². The van der Waals surface area contributed by atoms with Crippen molar-refractivity contribution >= 4 is 0 Å². The Morgan fingerprint density at radius 3 is 2.37 bits per heavy atom. The van der Waals surface area contributed by atoms with Crippen molar-refractivity contribution in [1.82, 2.24) is 4.98 Å². The zero-order valence-corrected chi connectivity index (χ0v) is 11.8. The van der Waals surface area contributed by atoms with E-state index in [9.17, 15) is 5.11 Å². The first kappa shape index (κ1) is 13.8. The molecular formula is C17H21NO. The van der Waals surface area contributed by atoms with Crippen LogP contribution in [0.25, 0.3) is 0 Å². The topological polar surface area (TPSA) is 33.1 Å². The van der Waals surface area contributed by atoms with Gasteiger partial charge >= 0.3 is 0 Å². The van der Waals surface area contributed by atoms with E-state index in [1.54, 1.807) is 6.20 Å². The van der Waals surface area contributed by atoms with Gasteiger partial charge in [0.1, 0.15) is 0 Å². The molecule has 0 aliphatic carbocycles. The molecule has 2 nitrogen and oxygen atoms in total. The molecule has 1 aromatic heterocycles. The number of benzene rings is 1. The zero-order chi connectivity index (χ0) is 13.8. The molecule has 1 N–H and O–H groups in total. The minimum atomic E-state index is -0.537. The third-order valence-electron chi connectivity index (χ3n) is 3.35. The van der Waals surface area contributed by atoms with Crippen molar-refractivity contribution in [3.63, 3.8) is 0 Å². The minimum Gasteiger partial charge on any atom is -0.386 e. The molecular weight excluding hydrogens is 234 g/mol. The first-order valence-corrected chi connectivity index (χ1v) is 6.75. The van der Waals surface area contributed by atoms with Gasteiger partial charge in [-0.2, -0.15) is 0 Å². The van der Waals surface area contributed by atoms with Crippen LogP contribution in [0.5, 0.6) is 0 Å². The van der Waals surface area contributed by atoms with Crippen molar-refractivity contribution < 1.29 is 5.11 Å². The number of pyridine rings is 1. The van der Waals surface area contributed by atoms with Crippen molar-refractivity contribution in [1.29, 1.82) is 0 Å². The summed E-state index contributed by atoms with van der Waals surface area (Å²) in [5, 5.41) is 10.2. The second kappa shape index (κ2) is 5.98. The maximum Gasteiger partial charge on any atom is 0.1000 e. The highest BCUT2D eigenvalue weighted by molar-refractivity contribution is 5.26. The molecule has 0 bridgehead atoms. The number of aryl methyl sites for hydroxylation is 1. The van der Waals surface area contributed by atoms with Crippen LogP contribution < -0.4 is 0 Å². The molecule has 1 heterocycles. The summed E-state index contributed by atoms with van der Waals surface area (Å²) in [4.78, 5) is 4.23. The normalized spacial score (nSPS) is 12.7. The summed E-state index contributed by atoms with van der Waals surface area (Å²) in [6, 6.07) is 12.3. The van der Waals surface area contributed by atoms with Gasteiger partial charge in [0.05, 0.1) is 11.8 Å². The minimum absolute atomic E-state index is 0.537. The molecule has 2 heteroatoms. The zero-order valence-electron chi connectivity index (χ0n) is 11.8. The summed E-state index contributed by atoms with van der Waals surface area (Å²) in [5.74, 6) is 0.539.